The fraction of sp³-hybridized carbons (Fsp3) is 0.316. The third-order valence-electron chi connectivity index (χ3n) is 4.25. The molecule has 0 aromatic heterocycles. The summed E-state index contributed by atoms with van der Waals surface area (Å²) in [4.78, 5) is 14.8. The molecule has 3 rings (SSSR count). The summed E-state index contributed by atoms with van der Waals surface area (Å²) in [7, 11) is 0. The van der Waals surface area contributed by atoms with Crippen LogP contribution >= 0.6 is 12.4 Å². The molecule has 0 spiro atoms. The van der Waals surface area contributed by atoms with Crippen molar-refractivity contribution >= 4 is 24.0 Å². The second-order valence-corrected chi connectivity index (χ2v) is 6.04. The van der Waals surface area contributed by atoms with Crippen molar-refractivity contribution < 1.29 is 4.79 Å². The number of carbonyl (C=O) groups is 1. The van der Waals surface area contributed by atoms with E-state index >= 15 is 0 Å². The number of anilines is 1. The van der Waals surface area contributed by atoms with Crippen LogP contribution < -0.4 is 10.6 Å². The van der Waals surface area contributed by atoms with E-state index in [0.717, 1.165) is 31.9 Å². The molecule has 2 aromatic carbocycles. The minimum Gasteiger partial charge on any atom is -0.322 e. The fourth-order valence-corrected chi connectivity index (χ4v) is 2.89. The zero-order valence-electron chi connectivity index (χ0n) is 13.9. The zero-order chi connectivity index (χ0) is 16.1. The Labute approximate surface area is 149 Å². The molecule has 1 aliphatic heterocycles. The molecule has 2 N–H and O–H groups in total. The van der Waals surface area contributed by atoms with E-state index in [0.29, 0.717) is 11.6 Å². The number of rotatable bonds is 4. The van der Waals surface area contributed by atoms with Crippen molar-refractivity contribution in [3.63, 3.8) is 0 Å². The van der Waals surface area contributed by atoms with Gasteiger partial charge in [0.05, 0.1) is 0 Å². The van der Waals surface area contributed by atoms with Crippen LogP contribution in [0.25, 0.3) is 0 Å². The molecular weight excluding hydrogens is 322 g/mol. The first kappa shape index (κ1) is 18.5. The third-order valence-corrected chi connectivity index (χ3v) is 4.25. The highest BCUT2D eigenvalue weighted by Crippen LogP contribution is 2.14. The van der Waals surface area contributed by atoms with E-state index < -0.39 is 0 Å². The van der Waals surface area contributed by atoms with Gasteiger partial charge in [0, 0.05) is 43.5 Å². The van der Waals surface area contributed by atoms with Gasteiger partial charge in [0.15, 0.2) is 0 Å². The summed E-state index contributed by atoms with van der Waals surface area (Å²) in [6.07, 6.45) is 0. The number of nitrogens with zero attached hydrogens (tertiary/aromatic N) is 1. The van der Waals surface area contributed by atoms with Gasteiger partial charge < -0.3 is 10.6 Å². The van der Waals surface area contributed by atoms with Gasteiger partial charge in [0.25, 0.3) is 5.91 Å². The number of benzene rings is 2. The van der Waals surface area contributed by atoms with Crippen LogP contribution in [0.2, 0.25) is 0 Å². The predicted octanol–water partition coefficient (Wildman–Crippen LogP) is 3.15. The van der Waals surface area contributed by atoms with Crippen LogP contribution in [0.1, 0.15) is 22.8 Å². The molecule has 0 unspecified atom stereocenters. The Kier molecular flexibility index (Phi) is 6.79. The van der Waals surface area contributed by atoms with E-state index in [4.69, 9.17) is 0 Å². The third kappa shape index (κ3) is 4.81. The molecule has 0 radical (unpaired) electrons. The second kappa shape index (κ2) is 8.83. The SMILES string of the molecule is C[C@H]1CNCCN1Cc1cccc(C(=O)Nc2ccccc2)c1.Cl. The van der Waals surface area contributed by atoms with Crippen LogP contribution in [0.5, 0.6) is 0 Å². The molecule has 128 valence electrons. The van der Waals surface area contributed by atoms with Gasteiger partial charge in [-0.05, 0) is 36.8 Å². The normalized spacial score (nSPS) is 17.8. The van der Waals surface area contributed by atoms with E-state index in [1.807, 2.05) is 48.5 Å². The highest BCUT2D eigenvalue weighted by Gasteiger charge is 2.18. The molecule has 0 aliphatic carbocycles. The van der Waals surface area contributed by atoms with Gasteiger partial charge in [-0.1, -0.05) is 30.3 Å². The van der Waals surface area contributed by atoms with Gasteiger partial charge in [-0.25, -0.2) is 0 Å². The first-order valence-electron chi connectivity index (χ1n) is 8.12. The highest BCUT2D eigenvalue weighted by atomic mass is 35.5. The molecule has 1 aliphatic rings. The maximum absolute atomic E-state index is 12.4. The highest BCUT2D eigenvalue weighted by molar-refractivity contribution is 6.04. The smallest absolute Gasteiger partial charge is 0.255 e. The summed E-state index contributed by atoms with van der Waals surface area (Å²) in [5.74, 6) is -0.0635. The van der Waals surface area contributed by atoms with Crippen molar-refractivity contribution in [2.45, 2.75) is 19.5 Å². The van der Waals surface area contributed by atoms with Crippen molar-refractivity contribution in [1.29, 1.82) is 0 Å². The van der Waals surface area contributed by atoms with Gasteiger partial charge in [-0.15, -0.1) is 12.4 Å². The van der Waals surface area contributed by atoms with E-state index in [2.05, 4.69) is 28.5 Å². The van der Waals surface area contributed by atoms with Crippen LogP contribution in [0.4, 0.5) is 5.69 Å². The van der Waals surface area contributed by atoms with Crippen molar-refractivity contribution in [3.8, 4) is 0 Å². The van der Waals surface area contributed by atoms with Crippen molar-refractivity contribution in [3.05, 3.63) is 65.7 Å². The maximum atomic E-state index is 12.4. The summed E-state index contributed by atoms with van der Waals surface area (Å²) in [6.45, 7) is 6.21. The minimum atomic E-state index is -0.0635. The summed E-state index contributed by atoms with van der Waals surface area (Å²) in [6, 6.07) is 18.0. The monoisotopic (exact) mass is 345 g/mol. The molecule has 1 amide bonds. The van der Waals surface area contributed by atoms with Crippen LogP contribution in [0, 0.1) is 0 Å². The van der Waals surface area contributed by atoms with Gasteiger partial charge in [0.1, 0.15) is 0 Å². The topological polar surface area (TPSA) is 44.4 Å². The van der Waals surface area contributed by atoms with E-state index in [9.17, 15) is 4.79 Å². The number of halogens is 1. The number of amides is 1. The Morgan fingerprint density at radius 2 is 2.00 bits per heavy atom. The van der Waals surface area contributed by atoms with Gasteiger partial charge in [-0.2, -0.15) is 0 Å². The fourth-order valence-electron chi connectivity index (χ4n) is 2.89. The Balaban J connectivity index is 0.00000208. The maximum Gasteiger partial charge on any atom is 0.255 e. The van der Waals surface area contributed by atoms with E-state index in [-0.39, 0.29) is 18.3 Å². The Morgan fingerprint density at radius 3 is 2.75 bits per heavy atom. The number of hydrogen-bond donors (Lipinski definition) is 2. The molecule has 1 atom stereocenters. The first-order chi connectivity index (χ1) is 11.2. The number of carbonyl (C=O) groups excluding carboxylic acids is 1. The number of para-hydroxylation sites is 1. The molecule has 1 heterocycles. The summed E-state index contributed by atoms with van der Waals surface area (Å²) in [5.41, 5.74) is 2.70. The number of piperazine rings is 1. The number of hydrogen-bond acceptors (Lipinski definition) is 3. The molecule has 2 aromatic rings. The molecular formula is C19H24ClN3O. The van der Waals surface area contributed by atoms with Crippen LogP contribution in [-0.4, -0.2) is 36.5 Å². The lowest BCUT2D eigenvalue weighted by atomic mass is 10.1. The van der Waals surface area contributed by atoms with Gasteiger partial charge >= 0.3 is 0 Å². The number of nitrogens with one attached hydrogen (secondary N) is 2. The van der Waals surface area contributed by atoms with Crippen LogP contribution in [0.15, 0.2) is 54.6 Å². The average molecular weight is 346 g/mol. The lowest BCUT2D eigenvalue weighted by Gasteiger charge is -2.33. The first-order valence-corrected chi connectivity index (χ1v) is 8.12. The van der Waals surface area contributed by atoms with Crippen molar-refractivity contribution in [2.24, 2.45) is 0 Å². The van der Waals surface area contributed by atoms with Gasteiger partial charge in [-0.3, -0.25) is 9.69 Å². The molecule has 0 saturated carbocycles. The van der Waals surface area contributed by atoms with E-state index in [1.54, 1.807) is 0 Å². The quantitative estimate of drug-likeness (QED) is 0.894. The van der Waals surface area contributed by atoms with Crippen LogP contribution in [-0.2, 0) is 6.54 Å². The molecule has 1 saturated heterocycles. The molecule has 0 bridgehead atoms. The predicted molar refractivity (Wildman–Crippen MR) is 101 cm³/mol. The van der Waals surface area contributed by atoms with Crippen molar-refractivity contribution in [2.75, 3.05) is 25.0 Å². The van der Waals surface area contributed by atoms with Crippen LogP contribution in [0.3, 0.4) is 0 Å². The second-order valence-electron chi connectivity index (χ2n) is 6.04. The summed E-state index contributed by atoms with van der Waals surface area (Å²) in [5, 5.41) is 6.34. The standard InChI is InChI=1S/C19H23N3O.ClH/c1-15-13-20-10-11-22(15)14-16-6-5-7-17(12-16)19(23)21-18-8-3-2-4-9-18;/h2-9,12,15,20H,10-11,13-14H2,1H3,(H,21,23);1H/t15-;/m0./s1. The Bertz CT molecular complexity index is 663. The zero-order valence-corrected chi connectivity index (χ0v) is 14.7. The lowest BCUT2D eigenvalue weighted by Crippen LogP contribution is -2.49. The largest absolute Gasteiger partial charge is 0.322 e. The lowest BCUT2D eigenvalue weighted by molar-refractivity contribution is 0.102. The summed E-state index contributed by atoms with van der Waals surface area (Å²) >= 11 is 0. The average Bonchev–Trinajstić information content (AvgIpc) is 2.58. The van der Waals surface area contributed by atoms with Crippen molar-refractivity contribution in [1.82, 2.24) is 10.2 Å². The summed E-state index contributed by atoms with van der Waals surface area (Å²) < 4.78 is 0. The minimum absolute atomic E-state index is 0. The molecule has 4 nitrogen and oxygen atoms in total. The molecule has 1 fully saturated rings. The van der Waals surface area contributed by atoms with E-state index in [1.165, 1.54) is 5.56 Å². The Morgan fingerprint density at radius 1 is 1.21 bits per heavy atom. The Hall–Kier alpha value is -1.88. The molecule has 5 heteroatoms. The molecule has 24 heavy (non-hydrogen) atoms. The van der Waals surface area contributed by atoms with Gasteiger partial charge in [0.2, 0.25) is 0 Å².